The van der Waals surface area contributed by atoms with Crippen LogP contribution in [-0.2, 0) is 0 Å². The highest BCUT2D eigenvalue weighted by molar-refractivity contribution is 5.98. The number of carbonyl (C=O) groups excluding carboxylic acids is 1. The van der Waals surface area contributed by atoms with E-state index in [9.17, 15) is 4.79 Å². The van der Waals surface area contributed by atoms with Crippen LogP contribution >= 0.6 is 0 Å². The highest BCUT2D eigenvalue weighted by Crippen LogP contribution is 2.22. The molecule has 0 spiro atoms. The van der Waals surface area contributed by atoms with Gasteiger partial charge >= 0.3 is 0 Å². The van der Waals surface area contributed by atoms with Crippen LogP contribution in [0.5, 0.6) is 5.75 Å². The second-order valence-corrected chi connectivity index (χ2v) is 5.02. The van der Waals surface area contributed by atoms with E-state index in [1.807, 2.05) is 32.0 Å². The number of ketones is 1. The Bertz CT molecular complexity index is 396. The molecule has 1 rings (SSSR count). The molecule has 0 amide bonds. The largest absolute Gasteiger partial charge is 0.493 e. The van der Waals surface area contributed by atoms with Gasteiger partial charge in [-0.05, 0) is 32.4 Å². The third-order valence-corrected chi connectivity index (χ3v) is 3.24. The Morgan fingerprint density at radius 1 is 1.11 bits per heavy atom. The summed E-state index contributed by atoms with van der Waals surface area (Å²) in [6.45, 7) is 6.75. The van der Waals surface area contributed by atoms with Crippen molar-refractivity contribution in [2.24, 2.45) is 0 Å². The molecule has 0 saturated heterocycles. The normalized spacial score (nSPS) is 10.5. The molecular weight excluding hydrogens is 236 g/mol. The topological polar surface area (TPSA) is 26.3 Å². The third kappa shape index (κ3) is 5.46. The second kappa shape index (κ2) is 8.73. The molecule has 0 fully saturated rings. The minimum Gasteiger partial charge on any atom is -0.493 e. The standard InChI is InChI=1S/C17H26O2/c1-4-6-7-8-9-10-16(18)15-13-14(3)11-12-17(15)19-5-2/h11-13H,4-10H2,1-3H3. The smallest absolute Gasteiger partial charge is 0.166 e. The summed E-state index contributed by atoms with van der Waals surface area (Å²) in [4.78, 5) is 12.2. The van der Waals surface area contributed by atoms with Crippen LogP contribution in [0.3, 0.4) is 0 Å². The summed E-state index contributed by atoms with van der Waals surface area (Å²) in [6.07, 6.45) is 6.50. The molecule has 0 aromatic heterocycles. The van der Waals surface area contributed by atoms with E-state index in [4.69, 9.17) is 4.74 Å². The molecule has 0 aliphatic heterocycles. The van der Waals surface area contributed by atoms with Gasteiger partial charge in [-0.3, -0.25) is 4.79 Å². The Balaban J connectivity index is 2.57. The lowest BCUT2D eigenvalue weighted by Crippen LogP contribution is -2.04. The minimum atomic E-state index is 0.212. The Hall–Kier alpha value is -1.31. The van der Waals surface area contributed by atoms with Gasteiger partial charge in [0.05, 0.1) is 12.2 Å². The van der Waals surface area contributed by atoms with Gasteiger partial charge in [0.15, 0.2) is 5.78 Å². The maximum atomic E-state index is 12.2. The van der Waals surface area contributed by atoms with E-state index in [0.29, 0.717) is 13.0 Å². The number of ether oxygens (including phenoxy) is 1. The van der Waals surface area contributed by atoms with Crippen LogP contribution < -0.4 is 4.74 Å². The number of unbranched alkanes of at least 4 members (excludes halogenated alkanes) is 4. The fourth-order valence-electron chi connectivity index (χ4n) is 2.17. The lowest BCUT2D eigenvalue weighted by Gasteiger charge is -2.10. The third-order valence-electron chi connectivity index (χ3n) is 3.24. The van der Waals surface area contributed by atoms with Crippen LogP contribution in [0.4, 0.5) is 0 Å². The van der Waals surface area contributed by atoms with E-state index >= 15 is 0 Å². The van der Waals surface area contributed by atoms with Crippen molar-refractivity contribution in [3.8, 4) is 5.75 Å². The molecule has 0 N–H and O–H groups in total. The van der Waals surface area contributed by atoms with Gasteiger partial charge in [0.25, 0.3) is 0 Å². The molecule has 0 aliphatic rings. The molecule has 19 heavy (non-hydrogen) atoms. The predicted octanol–water partition coefficient (Wildman–Crippen LogP) is 4.94. The van der Waals surface area contributed by atoms with Gasteiger partial charge in [0.1, 0.15) is 5.75 Å². The van der Waals surface area contributed by atoms with Gasteiger partial charge < -0.3 is 4.74 Å². The first-order chi connectivity index (χ1) is 9.19. The Labute approximate surface area is 117 Å². The number of rotatable bonds is 9. The number of aryl methyl sites for hydroxylation is 1. The maximum absolute atomic E-state index is 12.2. The van der Waals surface area contributed by atoms with Crippen LogP contribution in [0.2, 0.25) is 0 Å². The minimum absolute atomic E-state index is 0.212. The van der Waals surface area contributed by atoms with E-state index in [1.54, 1.807) is 0 Å². The van der Waals surface area contributed by atoms with Crippen molar-refractivity contribution in [2.75, 3.05) is 6.61 Å². The van der Waals surface area contributed by atoms with Gasteiger partial charge in [0, 0.05) is 6.42 Å². The predicted molar refractivity (Wildman–Crippen MR) is 80.1 cm³/mol. The van der Waals surface area contributed by atoms with Crippen molar-refractivity contribution < 1.29 is 9.53 Å². The Kier molecular flexibility index (Phi) is 7.24. The van der Waals surface area contributed by atoms with Gasteiger partial charge in [-0.2, -0.15) is 0 Å². The quantitative estimate of drug-likeness (QED) is 0.465. The van der Waals surface area contributed by atoms with Crippen LogP contribution in [0, 0.1) is 6.92 Å². The van der Waals surface area contributed by atoms with E-state index in [2.05, 4.69) is 6.92 Å². The fourth-order valence-corrected chi connectivity index (χ4v) is 2.17. The van der Waals surface area contributed by atoms with Crippen LogP contribution in [0.15, 0.2) is 18.2 Å². The summed E-state index contributed by atoms with van der Waals surface area (Å²) in [5, 5.41) is 0. The van der Waals surface area contributed by atoms with Gasteiger partial charge in [-0.1, -0.05) is 44.2 Å². The number of hydrogen-bond donors (Lipinski definition) is 0. The van der Waals surface area contributed by atoms with Crippen molar-refractivity contribution in [2.45, 2.75) is 59.3 Å². The molecule has 2 nitrogen and oxygen atoms in total. The summed E-state index contributed by atoms with van der Waals surface area (Å²) in [7, 11) is 0. The monoisotopic (exact) mass is 262 g/mol. The summed E-state index contributed by atoms with van der Waals surface area (Å²) in [6, 6.07) is 5.84. The highest BCUT2D eigenvalue weighted by Gasteiger charge is 2.12. The summed E-state index contributed by atoms with van der Waals surface area (Å²) in [5.74, 6) is 0.940. The van der Waals surface area contributed by atoms with E-state index < -0.39 is 0 Å². The van der Waals surface area contributed by atoms with Crippen molar-refractivity contribution in [1.82, 2.24) is 0 Å². The van der Waals surface area contributed by atoms with Gasteiger partial charge in [-0.15, -0.1) is 0 Å². The molecule has 2 heteroatoms. The molecule has 0 atom stereocenters. The number of Topliss-reactive ketones (excluding diaryl/α,β-unsaturated/α-hetero) is 1. The molecule has 0 radical (unpaired) electrons. The second-order valence-electron chi connectivity index (χ2n) is 5.02. The van der Waals surface area contributed by atoms with Crippen molar-refractivity contribution in [1.29, 1.82) is 0 Å². The lowest BCUT2D eigenvalue weighted by molar-refractivity contribution is 0.0975. The highest BCUT2D eigenvalue weighted by atomic mass is 16.5. The first kappa shape index (κ1) is 15.7. The van der Waals surface area contributed by atoms with E-state index in [1.165, 1.54) is 19.3 Å². The summed E-state index contributed by atoms with van der Waals surface area (Å²) >= 11 is 0. The van der Waals surface area contributed by atoms with Gasteiger partial charge in [0.2, 0.25) is 0 Å². The molecule has 106 valence electrons. The van der Waals surface area contributed by atoms with Crippen LogP contribution in [0.1, 0.15) is 68.3 Å². The van der Waals surface area contributed by atoms with Crippen molar-refractivity contribution in [3.63, 3.8) is 0 Å². The van der Waals surface area contributed by atoms with Crippen molar-refractivity contribution in [3.05, 3.63) is 29.3 Å². The molecule has 0 saturated carbocycles. The number of benzene rings is 1. The van der Waals surface area contributed by atoms with Gasteiger partial charge in [-0.25, -0.2) is 0 Å². The SMILES string of the molecule is CCCCCCCC(=O)c1cc(C)ccc1OCC. The Morgan fingerprint density at radius 3 is 2.53 bits per heavy atom. The van der Waals surface area contributed by atoms with E-state index in [-0.39, 0.29) is 5.78 Å². The zero-order valence-corrected chi connectivity index (χ0v) is 12.5. The molecule has 1 aromatic carbocycles. The van der Waals surface area contributed by atoms with Crippen LogP contribution in [-0.4, -0.2) is 12.4 Å². The maximum Gasteiger partial charge on any atom is 0.166 e. The average Bonchev–Trinajstić information content (AvgIpc) is 2.40. The molecular formula is C17H26O2. The summed E-state index contributed by atoms with van der Waals surface area (Å²) < 4.78 is 5.54. The first-order valence-electron chi connectivity index (χ1n) is 7.45. The number of hydrogen-bond acceptors (Lipinski definition) is 2. The van der Waals surface area contributed by atoms with E-state index in [0.717, 1.165) is 29.7 Å². The lowest BCUT2D eigenvalue weighted by atomic mass is 10.0. The molecule has 1 aromatic rings. The first-order valence-corrected chi connectivity index (χ1v) is 7.45. The molecule has 0 heterocycles. The average molecular weight is 262 g/mol. The Morgan fingerprint density at radius 2 is 1.84 bits per heavy atom. The molecule has 0 bridgehead atoms. The van der Waals surface area contributed by atoms with Crippen LogP contribution in [0.25, 0.3) is 0 Å². The zero-order chi connectivity index (χ0) is 14.1. The molecule has 0 aliphatic carbocycles. The van der Waals surface area contributed by atoms with Crippen molar-refractivity contribution >= 4 is 5.78 Å². The number of carbonyl (C=O) groups is 1. The summed E-state index contributed by atoms with van der Waals surface area (Å²) in [5.41, 5.74) is 1.86. The fraction of sp³-hybridized carbons (Fsp3) is 0.588. The molecule has 0 unspecified atom stereocenters. The zero-order valence-electron chi connectivity index (χ0n) is 12.5.